The molecule has 1 unspecified atom stereocenters. The van der Waals surface area contributed by atoms with E-state index in [9.17, 15) is 9.59 Å². The Kier molecular flexibility index (Phi) is 6.88. The van der Waals surface area contributed by atoms with Crippen molar-refractivity contribution < 1.29 is 9.59 Å². The zero-order valence-corrected chi connectivity index (χ0v) is 19.1. The van der Waals surface area contributed by atoms with Crippen molar-refractivity contribution in [2.75, 3.05) is 10.6 Å². The van der Waals surface area contributed by atoms with Crippen LogP contribution in [0.25, 0.3) is 0 Å². The summed E-state index contributed by atoms with van der Waals surface area (Å²) in [4.78, 5) is 29.1. The molecule has 2 heterocycles. The molecule has 8 nitrogen and oxygen atoms in total. The molecule has 3 aromatic rings. The van der Waals surface area contributed by atoms with Gasteiger partial charge in [0.25, 0.3) is 0 Å². The minimum Gasteiger partial charge on any atom is -0.325 e. The predicted molar refractivity (Wildman–Crippen MR) is 120 cm³/mol. The van der Waals surface area contributed by atoms with Gasteiger partial charge in [-0.2, -0.15) is 0 Å². The lowest BCUT2D eigenvalue weighted by Gasteiger charge is -2.11. The first-order chi connectivity index (χ1) is 14.2. The number of benzene rings is 1. The number of nitrogens with zero attached hydrogens (tertiary/aromatic N) is 4. The van der Waals surface area contributed by atoms with Crippen molar-refractivity contribution in [3.63, 3.8) is 0 Å². The number of rotatable bonds is 7. The van der Waals surface area contributed by atoms with Gasteiger partial charge in [-0.3, -0.25) is 9.59 Å². The highest BCUT2D eigenvalue weighted by molar-refractivity contribution is 8.00. The van der Waals surface area contributed by atoms with Crippen molar-refractivity contribution in [1.29, 1.82) is 0 Å². The number of carbonyl (C=O) groups is 2. The monoisotopic (exact) mass is 444 g/mol. The Morgan fingerprint density at radius 1 is 1.20 bits per heavy atom. The zero-order valence-electron chi connectivity index (χ0n) is 17.5. The molecule has 1 aromatic carbocycles. The summed E-state index contributed by atoms with van der Waals surface area (Å²) in [6, 6.07) is 5.87. The third-order valence-electron chi connectivity index (χ3n) is 4.40. The van der Waals surface area contributed by atoms with E-state index in [1.807, 2.05) is 44.4 Å². The lowest BCUT2D eigenvalue weighted by atomic mass is 10.1. The van der Waals surface area contributed by atoms with E-state index < -0.39 is 5.25 Å². The number of nitrogens with one attached hydrogen (secondary N) is 2. The van der Waals surface area contributed by atoms with E-state index in [0.29, 0.717) is 16.1 Å². The Bertz CT molecular complexity index is 1080. The SMILES string of the molecule is Cc1ccc(NC(=O)Cc2nnc(SC(C)C(=O)Nc3nc(C)cs3)n2C)c(C)c1. The van der Waals surface area contributed by atoms with Crippen LogP contribution in [-0.4, -0.2) is 36.8 Å². The second kappa shape index (κ2) is 9.40. The van der Waals surface area contributed by atoms with E-state index in [1.165, 1.54) is 23.1 Å². The van der Waals surface area contributed by atoms with Gasteiger partial charge in [-0.25, -0.2) is 4.98 Å². The number of aromatic nitrogens is 4. The molecule has 0 aliphatic rings. The van der Waals surface area contributed by atoms with Crippen molar-refractivity contribution >= 4 is 45.7 Å². The van der Waals surface area contributed by atoms with Crippen molar-refractivity contribution in [1.82, 2.24) is 19.7 Å². The van der Waals surface area contributed by atoms with Gasteiger partial charge in [-0.05, 0) is 39.3 Å². The molecule has 0 spiro atoms. The second-order valence-corrected chi connectivity index (χ2v) is 9.21. The lowest BCUT2D eigenvalue weighted by Crippen LogP contribution is -2.23. The summed E-state index contributed by atoms with van der Waals surface area (Å²) in [5.41, 5.74) is 3.80. The summed E-state index contributed by atoms with van der Waals surface area (Å²) < 4.78 is 1.74. The average molecular weight is 445 g/mol. The molecule has 0 radical (unpaired) electrons. The highest BCUT2D eigenvalue weighted by atomic mass is 32.2. The first-order valence-corrected chi connectivity index (χ1v) is 11.1. The van der Waals surface area contributed by atoms with Gasteiger partial charge in [0.1, 0.15) is 5.82 Å². The van der Waals surface area contributed by atoms with E-state index >= 15 is 0 Å². The van der Waals surface area contributed by atoms with Crippen LogP contribution >= 0.6 is 23.1 Å². The van der Waals surface area contributed by atoms with E-state index in [1.54, 1.807) is 18.5 Å². The van der Waals surface area contributed by atoms with Gasteiger partial charge in [-0.1, -0.05) is 29.5 Å². The highest BCUT2D eigenvalue weighted by Gasteiger charge is 2.20. The molecule has 3 rings (SSSR count). The van der Waals surface area contributed by atoms with Crippen LogP contribution in [0.1, 0.15) is 29.6 Å². The lowest BCUT2D eigenvalue weighted by molar-refractivity contribution is -0.116. The number of aryl methyl sites for hydroxylation is 3. The Morgan fingerprint density at radius 3 is 2.63 bits per heavy atom. The van der Waals surface area contributed by atoms with Gasteiger partial charge < -0.3 is 15.2 Å². The maximum atomic E-state index is 12.4. The first kappa shape index (κ1) is 22.0. The average Bonchev–Trinajstić information content (AvgIpc) is 3.24. The number of hydrogen-bond acceptors (Lipinski definition) is 7. The molecule has 2 N–H and O–H groups in total. The van der Waals surface area contributed by atoms with E-state index in [4.69, 9.17) is 0 Å². The van der Waals surface area contributed by atoms with Crippen LogP contribution in [0.3, 0.4) is 0 Å². The van der Waals surface area contributed by atoms with Crippen LogP contribution in [0.5, 0.6) is 0 Å². The molecule has 2 amide bonds. The summed E-state index contributed by atoms with van der Waals surface area (Å²) in [7, 11) is 1.79. The maximum absolute atomic E-state index is 12.4. The van der Waals surface area contributed by atoms with Crippen LogP contribution in [0.4, 0.5) is 10.8 Å². The minimum atomic E-state index is -0.394. The van der Waals surface area contributed by atoms with Gasteiger partial charge in [0, 0.05) is 18.1 Å². The number of anilines is 2. The summed E-state index contributed by atoms with van der Waals surface area (Å²) in [6.45, 7) is 7.64. The maximum Gasteiger partial charge on any atom is 0.239 e. The van der Waals surface area contributed by atoms with Crippen molar-refractivity contribution in [2.45, 2.75) is 44.5 Å². The topological polar surface area (TPSA) is 102 Å². The van der Waals surface area contributed by atoms with Gasteiger partial charge in [0.2, 0.25) is 11.8 Å². The van der Waals surface area contributed by atoms with Gasteiger partial charge in [0.05, 0.1) is 17.4 Å². The van der Waals surface area contributed by atoms with Crippen LogP contribution in [-0.2, 0) is 23.1 Å². The first-order valence-electron chi connectivity index (χ1n) is 9.38. The van der Waals surface area contributed by atoms with E-state index in [-0.39, 0.29) is 18.2 Å². The zero-order chi connectivity index (χ0) is 21.8. The van der Waals surface area contributed by atoms with E-state index in [2.05, 4.69) is 25.8 Å². The molecule has 0 bridgehead atoms. The normalized spacial score (nSPS) is 11.9. The molecule has 1 atom stereocenters. The number of thiazole rings is 1. The van der Waals surface area contributed by atoms with Gasteiger partial charge in [-0.15, -0.1) is 21.5 Å². The molecule has 30 heavy (non-hydrogen) atoms. The van der Waals surface area contributed by atoms with Crippen LogP contribution < -0.4 is 10.6 Å². The van der Waals surface area contributed by atoms with Crippen LogP contribution in [0.2, 0.25) is 0 Å². The van der Waals surface area contributed by atoms with Gasteiger partial charge in [0.15, 0.2) is 10.3 Å². The number of carbonyl (C=O) groups excluding carboxylic acids is 2. The summed E-state index contributed by atoms with van der Waals surface area (Å²) in [5, 5.41) is 16.6. The third-order valence-corrected chi connectivity index (χ3v) is 6.41. The Hall–Kier alpha value is -2.72. The molecular formula is C20H24N6O2S2. The molecular weight excluding hydrogens is 420 g/mol. The Morgan fingerprint density at radius 2 is 1.97 bits per heavy atom. The third kappa shape index (κ3) is 5.45. The summed E-state index contributed by atoms with van der Waals surface area (Å²) >= 11 is 2.67. The van der Waals surface area contributed by atoms with Gasteiger partial charge >= 0.3 is 0 Å². The van der Waals surface area contributed by atoms with Crippen LogP contribution in [0, 0.1) is 20.8 Å². The quantitative estimate of drug-likeness (QED) is 0.541. The number of thioether (sulfide) groups is 1. The van der Waals surface area contributed by atoms with Crippen molar-refractivity contribution in [2.24, 2.45) is 7.05 Å². The second-order valence-electron chi connectivity index (χ2n) is 7.04. The Balaban J connectivity index is 1.59. The fraction of sp³-hybridized carbons (Fsp3) is 0.350. The minimum absolute atomic E-state index is 0.0936. The predicted octanol–water partition coefficient (Wildman–Crippen LogP) is 3.50. The molecule has 0 saturated heterocycles. The molecule has 0 aliphatic heterocycles. The molecule has 2 aromatic heterocycles. The molecule has 10 heteroatoms. The number of hydrogen-bond donors (Lipinski definition) is 2. The number of amides is 2. The standard InChI is InChI=1S/C20H24N6O2S2/c1-11-6-7-15(12(2)8-11)22-17(27)9-16-24-25-20(26(16)5)30-14(4)18(28)23-19-21-13(3)10-29-19/h6-8,10,14H,9H2,1-5H3,(H,22,27)(H,21,23,28). The van der Waals surface area contributed by atoms with Crippen molar-refractivity contribution in [3.8, 4) is 0 Å². The fourth-order valence-corrected chi connectivity index (χ4v) is 4.25. The molecule has 0 saturated carbocycles. The smallest absolute Gasteiger partial charge is 0.239 e. The molecule has 0 aliphatic carbocycles. The molecule has 158 valence electrons. The summed E-state index contributed by atoms with van der Waals surface area (Å²) in [6.07, 6.45) is 0.0936. The fourth-order valence-electron chi connectivity index (χ4n) is 2.72. The highest BCUT2D eigenvalue weighted by Crippen LogP contribution is 2.24. The molecule has 0 fully saturated rings. The summed E-state index contributed by atoms with van der Waals surface area (Å²) in [5.74, 6) is 0.202. The van der Waals surface area contributed by atoms with Crippen molar-refractivity contribution in [3.05, 3.63) is 46.2 Å². The van der Waals surface area contributed by atoms with Crippen LogP contribution in [0.15, 0.2) is 28.7 Å². The Labute approximate surface area is 183 Å². The van der Waals surface area contributed by atoms with E-state index in [0.717, 1.165) is 22.5 Å². The largest absolute Gasteiger partial charge is 0.325 e.